The molecule has 0 amide bonds. The molecular formula is C58H38O3P2. The molecule has 0 unspecified atom stereocenters. The molecule has 0 aliphatic heterocycles. The summed E-state index contributed by atoms with van der Waals surface area (Å²) in [4.78, 5) is 0. The van der Waals surface area contributed by atoms with Crippen LogP contribution >= 0.6 is 16.2 Å². The number of hydrogen-bond donors (Lipinski definition) is 0. The largest absolute Gasteiger partial charge is 0.453 e. The predicted octanol–water partition coefficient (Wildman–Crippen LogP) is 15.8. The molecule has 5 heteroatoms. The first-order chi connectivity index (χ1) is 31.3. The first-order valence-electron chi connectivity index (χ1n) is 21.2. The first kappa shape index (κ1) is 37.4. The average Bonchev–Trinajstić information content (AvgIpc) is 3.52. The van der Waals surface area contributed by atoms with E-state index in [-0.39, 0.29) is 0 Å². The van der Waals surface area contributed by atoms with E-state index >= 15 is 0 Å². The molecule has 0 bridgehead atoms. The highest BCUT2D eigenvalue weighted by atomic mass is 31.1. The lowest BCUT2D eigenvalue weighted by atomic mass is 9.89. The van der Waals surface area contributed by atoms with Gasteiger partial charge in [-0.2, -0.15) is 0 Å². The van der Waals surface area contributed by atoms with Gasteiger partial charge in [-0.3, -0.25) is 0 Å². The molecule has 0 spiro atoms. The Bertz CT molecular complexity index is 3580. The maximum atomic E-state index is 7.58. The smallest absolute Gasteiger partial charge is 0.390 e. The summed E-state index contributed by atoms with van der Waals surface area (Å²) < 4.78 is 21.8. The van der Waals surface area contributed by atoms with Crippen molar-refractivity contribution in [2.24, 2.45) is 0 Å². The lowest BCUT2D eigenvalue weighted by molar-refractivity contribution is 0.501. The third-order valence-corrected chi connectivity index (χ3v) is 15.6. The molecule has 12 aromatic rings. The maximum Gasteiger partial charge on any atom is 0.453 e. The molecule has 0 aliphatic rings. The molecule has 0 saturated carbocycles. The van der Waals surface area contributed by atoms with Gasteiger partial charge in [-0.1, -0.05) is 212 Å². The number of hydrogen-bond acceptors (Lipinski definition) is 3. The van der Waals surface area contributed by atoms with Gasteiger partial charge in [-0.15, -0.1) is 0 Å². The van der Waals surface area contributed by atoms with Crippen LogP contribution in [0.4, 0.5) is 0 Å². The Kier molecular flexibility index (Phi) is 9.37. The summed E-state index contributed by atoms with van der Waals surface area (Å²) in [6.45, 7) is 0. The van der Waals surface area contributed by atoms with Crippen LogP contribution in [-0.2, 0) is 0 Å². The standard InChI is InChI=1S/C58H38O3P2/c1-4-18-39(19-5-1)50-38-43-23-13-17-31-49(43)57(56-48-30-16-12-22-42(48)34-37-53(56)62(44-24-6-2-7-25-44)45-26-8-3-9-27-45)58(50)61-63-59-51-35-32-40-20-10-14-28-46(40)54(51)55-47-29-15-11-21-41(47)33-36-52(55)60-63/h1-38H. The summed E-state index contributed by atoms with van der Waals surface area (Å²) in [5.74, 6) is 0.714. The van der Waals surface area contributed by atoms with Crippen molar-refractivity contribution in [3.8, 4) is 28.0 Å². The Hall–Kier alpha value is -7.41. The van der Waals surface area contributed by atoms with Crippen LogP contribution in [-0.4, -0.2) is 0 Å². The van der Waals surface area contributed by atoms with Crippen LogP contribution in [0.1, 0.15) is 0 Å². The van der Waals surface area contributed by atoms with Crippen LogP contribution in [0.5, 0.6) is 5.75 Å². The molecule has 0 saturated heterocycles. The van der Waals surface area contributed by atoms with E-state index in [0.29, 0.717) is 5.75 Å². The van der Waals surface area contributed by atoms with Crippen molar-refractivity contribution in [2.45, 2.75) is 0 Å². The molecule has 12 rings (SSSR count). The van der Waals surface area contributed by atoms with Crippen LogP contribution < -0.4 is 20.4 Å². The van der Waals surface area contributed by atoms with Crippen molar-refractivity contribution in [3.05, 3.63) is 231 Å². The fraction of sp³-hybridized carbons (Fsp3) is 0. The monoisotopic (exact) mass is 844 g/mol. The van der Waals surface area contributed by atoms with Gasteiger partial charge in [-0.05, 0) is 90.7 Å². The summed E-state index contributed by atoms with van der Waals surface area (Å²) >= 11 is 0. The van der Waals surface area contributed by atoms with Crippen LogP contribution in [0.3, 0.4) is 0 Å². The normalized spacial score (nSPS) is 11.6. The highest BCUT2D eigenvalue weighted by Gasteiger charge is 2.28. The minimum absolute atomic E-state index is 0.714. The second-order valence-electron chi connectivity index (χ2n) is 15.7. The Labute approximate surface area is 366 Å². The summed E-state index contributed by atoms with van der Waals surface area (Å²) in [6, 6.07) is 82.2. The Balaban J connectivity index is 1.23. The van der Waals surface area contributed by atoms with Gasteiger partial charge < -0.3 is 12.9 Å². The van der Waals surface area contributed by atoms with Gasteiger partial charge in [-0.25, -0.2) is 0 Å². The minimum Gasteiger partial charge on any atom is -0.390 e. The molecular weight excluding hydrogens is 807 g/mol. The van der Waals surface area contributed by atoms with Crippen LogP contribution in [0.25, 0.3) is 87.3 Å². The van der Waals surface area contributed by atoms with Gasteiger partial charge in [0.15, 0.2) is 5.75 Å². The van der Waals surface area contributed by atoms with Crippen molar-refractivity contribution in [2.75, 3.05) is 0 Å². The number of benzene rings is 11. The topological polar surface area (TPSA) is 35.5 Å². The van der Waals surface area contributed by atoms with Gasteiger partial charge in [0.25, 0.3) is 0 Å². The van der Waals surface area contributed by atoms with E-state index < -0.39 is 16.2 Å². The van der Waals surface area contributed by atoms with E-state index in [0.717, 1.165) is 87.3 Å². The predicted molar refractivity (Wildman–Crippen MR) is 268 cm³/mol. The van der Waals surface area contributed by atoms with Crippen molar-refractivity contribution in [3.63, 3.8) is 0 Å². The summed E-state index contributed by atoms with van der Waals surface area (Å²) in [5.41, 5.74) is 5.59. The van der Waals surface area contributed by atoms with Crippen LogP contribution in [0.15, 0.2) is 239 Å². The maximum absolute atomic E-state index is 7.58. The summed E-state index contributed by atoms with van der Waals surface area (Å²) in [5, 5.41) is 14.8. The van der Waals surface area contributed by atoms with Crippen molar-refractivity contribution in [1.82, 2.24) is 0 Å². The fourth-order valence-corrected chi connectivity index (χ4v) is 12.8. The summed E-state index contributed by atoms with van der Waals surface area (Å²) in [7, 11) is -3.11. The molecule has 3 nitrogen and oxygen atoms in total. The molecule has 11 aromatic carbocycles. The molecule has 298 valence electrons. The fourth-order valence-electron chi connectivity index (χ4n) is 9.26. The van der Waals surface area contributed by atoms with Crippen LogP contribution in [0.2, 0.25) is 0 Å². The zero-order valence-corrected chi connectivity index (χ0v) is 35.8. The van der Waals surface area contributed by atoms with Crippen molar-refractivity contribution < 1.29 is 12.9 Å². The second kappa shape index (κ2) is 15.8. The zero-order chi connectivity index (χ0) is 41.7. The third kappa shape index (κ3) is 6.57. The van der Waals surface area contributed by atoms with Gasteiger partial charge in [0, 0.05) is 27.5 Å². The molecule has 0 atom stereocenters. The zero-order valence-electron chi connectivity index (χ0n) is 34.1. The first-order valence-corrected chi connectivity index (χ1v) is 23.6. The molecule has 1 aromatic heterocycles. The lowest BCUT2D eigenvalue weighted by Crippen LogP contribution is -2.22. The Morgan fingerprint density at radius 1 is 0.365 bits per heavy atom. The molecule has 0 aliphatic carbocycles. The molecule has 0 radical (unpaired) electrons. The van der Waals surface area contributed by atoms with Gasteiger partial charge in [0.1, 0.15) is 11.2 Å². The van der Waals surface area contributed by atoms with E-state index in [1.54, 1.807) is 0 Å². The van der Waals surface area contributed by atoms with Crippen molar-refractivity contribution >= 4 is 97.1 Å². The van der Waals surface area contributed by atoms with E-state index in [1.807, 2.05) is 0 Å². The second-order valence-corrected chi connectivity index (χ2v) is 18.9. The Morgan fingerprint density at radius 2 is 0.794 bits per heavy atom. The quantitative estimate of drug-likeness (QED) is 0.150. The Morgan fingerprint density at radius 3 is 1.35 bits per heavy atom. The van der Waals surface area contributed by atoms with E-state index in [1.165, 1.54) is 15.9 Å². The summed E-state index contributed by atoms with van der Waals surface area (Å²) in [6.07, 6.45) is 0. The van der Waals surface area contributed by atoms with E-state index in [4.69, 9.17) is 12.9 Å². The van der Waals surface area contributed by atoms with Gasteiger partial charge >= 0.3 is 8.24 Å². The van der Waals surface area contributed by atoms with Gasteiger partial charge in [0.05, 0.1) is 0 Å². The number of fused-ring (bicyclic) bond motifs is 9. The highest BCUT2D eigenvalue weighted by molar-refractivity contribution is 7.80. The molecule has 0 fully saturated rings. The molecule has 0 N–H and O–H groups in total. The SMILES string of the molecule is c1ccc(-c2cc3ccccc3c(-c3c(P(c4ccccc4)c4ccccc4)ccc4ccccc34)c2Op2oc3ccc4ccccc4c3c3c(ccc4ccccc43)o2)cc1. The van der Waals surface area contributed by atoms with Crippen molar-refractivity contribution in [1.29, 1.82) is 0 Å². The highest BCUT2D eigenvalue weighted by Crippen LogP contribution is 2.52. The average molecular weight is 845 g/mol. The molecule has 63 heavy (non-hydrogen) atoms. The molecule has 1 heterocycles. The minimum atomic E-state index is -2.08. The third-order valence-electron chi connectivity index (χ3n) is 12.1. The van der Waals surface area contributed by atoms with Crippen LogP contribution in [0, 0.1) is 0 Å². The lowest BCUT2D eigenvalue weighted by Gasteiger charge is -2.26. The van der Waals surface area contributed by atoms with E-state index in [9.17, 15) is 0 Å². The van der Waals surface area contributed by atoms with E-state index in [2.05, 4.69) is 231 Å². The number of rotatable bonds is 7. The van der Waals surface area contributed by atoms with Gasteiger partial charge in [0.2, 0.25) is 0 Å².